The van der Waals surface area contributed by atoms with E-state index in [0.29, 0.717) is 41.8 Å². The van der Waals surface area contributed by atoms with Crippen molar-refractivity contribution in [3.63, 3.8) is 0 Å². The van der Waals surface area contributed by atoms with Crippen molar-refractivity contribution in [2.45, 2.75) is 113 Å². The van der Waals surface area contributed by atoms with E-state index in [-0.39, 0.29) is 12.6 Å². The maximum atomic E-state index is 12.6. The van der Waals surface area contributed by atoms with Gasteiger partial charge in [0.25, 0.3) is 0 Å². The first kappa shape index (κ1) is 31.7. The van der Waals surface area contributed by atoms with Gasteiger partial charge in [0.05, 0.1) is 5.56 Å². The Morgan fingerprint density at radius 1 is 0.750 bits per heavy atom. The highest BCUT2D eigenvalue weighted by Crippen LogP contribution is 2.37. The lowest BCUT2D eigenvalue weighted by Crippen LogP contribution is -2.15. The molecular weight excluding hydrogens is 444 g/mol. The average molecular weight is 497 g/mol. The zero-order valence-electron chi connectivity index (χ0n) is 24.9. The molecule has 2 aromatic carbocycles. The number of hydrogen-bond donors (Lipinski definition) is 0. The highest BCUT2D eigenvalue weighted by Gasteiger charge is 2.19. The van der Waals surface area contributed by atoms with Crippen LogP contribution in [0.3, 0.4) is 0 Å². The van der Waals surface area contributed by atoms with E-state index in [1.54, 1.807) is 0 Å². The lowest BCUT2D eigenvalue weighted by molar-refractivity contribution is 0.0449. The van der Waals surface area contributed by atoms with Crippen molar-refractivity contribution in [2.24, 2.45) is 5.92 Å². The van der Waals surface area contributed by atoms with Gasteiger partial charge >= 0.3 is 5.97 Å². The summed E-state index contributed by atoms with van der Waals surface area (Å²) >= 11 is 0. The molecule has 0 aromatic heterocycles. The molecule has 36 heavy (non-hydrogen) atoms. The first-order valence-electron chi connectivity index (χ1n) is 14.1. The first-order chi connectivity index (χ1) is 17.1. The van der Waals surface area contributed by atoms with E-state index in [4.69, 9.17) is 9.47 Å². The Labute approximate surface area is 222 Å². The summed E-state index contributed by atoms with van der Waals surface area (Å²) in [6.07, 6.45) is 2.32. The molecule has 2 rings (SSSR count). The Bertz CT molecular complexity index is 878. The number of esters is 1. The van der Waals surface area contributed by atoms with Crippen LogP contribution in [-0.2, 0) is 4.74 Å². The maximum Gasteiger partial charge on any atom is 0.338 e. The molecule has 202 valence electrons. The summed E-state index contributed by atoms with van der Waals surface area (Å²) in [5.74, 6) is 2.94. The van der Waals surface area contributed by atoms with Gasteiger partial charge in [-0.25, -0.2) is 4.79 Å². The summed E-state index contributed by atoms with van der Waals surface area (Å²) < 4.78 is 11.8. The molecule has 0 amide bonds. The second-order valence-electron chi connectivity index (χ2n) is 10.7. The van der Waals surface area contributed by atoms with Crippen LogP contribution in [0.1, 0.15) is 145 Å². The second-order valence-corrected chi connectivity index (χ2v) is 10.7. The van der Waals surface area contributed by atoms with E-state index in [1.807, 2.05) is 26.0 Å². The van der Waals surface area contributed by atoms with Crippen LogP contribution < -0.4 is 4.74 Å². The van der Waals surface area contributed by atoms with Gasteiger partial charge in [0.2, 0.25) is 0 Å². The number of hydrogen-bond acceptors (Lipinski definition) is 3. The van der Waals surface area contributed by atoms with Crippen molar-refractivity contribution in [1.29, 1.82) is 0 Å². The Morgan fingerprint density at radius 3 is 1.69 bits per heavy atom. The van der Waals surface area contributed by atoms with Gasteiger partial charge in [-0.05, 0) is 70.4 Å². The molecule has 0 saturated heterocycles. The van der Waals surface area contributed by atoms with Crippen LogP contribution in [0.15, 0.2) is 36.4 Å². The summed E-state index contributed by atoms with van der Waals surface area (Å²) in [7, 11) is 0. The van der Waals surface area contributed by atoms with Crippen LogP contribution >= 0.6 is 0 Å². The molecule has 3 nitrogen and oxygen atoms in total. The summed E-state index contributed by atoms with van der Waals surface area (Å²) in [5.41, 5.74) is 5.68. The van der Waals surface area contributed by atoms with Gasteiger partial charge in [-0.2, -0.15) is 0 Å². The average Bonchev–Trinajstić information content (AvgIpc) is 2.85. The molecule has 0 bridgehead atoms. The lowest BCUT2D eigenvalue weighted by Gasteiger charge is -2.23. The zero-order valence-corrected chi connectivity index (χ0v) is 24.9. The van der Waals surface area contributed by atoms with E-state index in [0.717, 1.165) is 18.6 Å². The molecule has 0 aliphatic rings. The van der Waals surface area contributed by atoms with E-state index < -0.39 is 0 Å². The molecule has 2 aromatic rings. The largest absolute Gasteiger partial charge is 0.489 e. The van der Waals surface area contributed by atoms with Crippen LogP contribution in [0.25, 0.3) is 0 Å². The van der Waals surface area contributed by atoms with Crippen molar-refractivity contribution >= 4 is 5.97 Å². The molecular formula is C33H52O3. The molecule has 0 aliphatic carbocycles. The molecule has 1 atom stereocenters. The van der Waals surface area contributed by atoms with Gasteiger partial charge in [-0.15, -0.1) is 0 Å². The van der Waals surface area contributed by atoms with Crippen molar-refractivity contribution in [3.05, 3.63) is 64.2 Å². The van der Waals surface area contributed by atoms with Crippen LogP contribution in [0, 0.1) is 5.92 Å². The number of benzene rings is 2. The fourth-order valence-corrected chi connectivity index (χ4v) is 4.48. The molecule has 0 spiro atoms. The van der Waals surface area contributed by atoms with E-state index in [2.05, 4.69) is 86.6 Å². The standard InChI is InChI=1S/C31H46O3.C2H6/c1-10-11-27(21(4)5)24-12-14-25(15-13-24)31(32)34-17-16-33-30-28(22(6)7)18-26(20(2)3)19-29(30)23(8)9;1-2/h12-15,18-23,27H,10-11,16-17H2,1-9H3;1-2H3. The van der Waals surface area contributed by atoms with Gasteiger partial charge in [0.15, 0.2) is 0 Å². The minimum absolute atomic E-state index is 0.228. The summed E-state index contributed by atoms with van der Waals surface area (Å²) in [6.45, 7) is 24.6. The van der Waals surface area contributed by atoms with Gasteiger partial charge in [0.1, 0.15) is 19.0 Å². The fourth-order valence-electron chi connectivity index (χ4n) is 4.48. The normalized spacial score (nSPS) is 12.1. The Kier molecular flexibility index (Phi) is 13.9. The summed E-state index contributed by atoms with van der Waals surface area (Å²) in [5, 5.41) is 0. The second kappa shape index (κ2) is 15.7. The van der Waals surface area contributed by atoms with Crippen LogP contribution in [-0.4, -0.2) is 19.2 Å². The fraction of sp³-hybridized carbons (Fsp3) is 0.606. The van der Waals surface area contributed by atoms with Crippen molar-refractivity contribution in [2.75, 3.05) is 13.2 Å². The first-order valence-corrected chi connectivity index (χ1v) is 14.1. The third kappa shape index (κ3) is 8.98. The monoisotopic (exact) mass is 496 g/mol. The minimum Gasteiger partial charge on any atom is -0.489 e. The van der Waals surface area contributed by atoms with Gasteiger partial charge in [-0.1, -0.05) is 107 Å². The minimum atomic E-state index is -0.296. The van der Waals surface area contributed by atoms with Gasteiger partial charge < -0.3 is 9.47 Å². The molecule has 0 aliphatic heterocycles. The number of rotatable bonds is 12. The molecule has 0 heterocycles. The Morgan fingerprint density at radius 2 is 1.28 bits per heavy atom. The molecule has 0 radical (unpaired) electrons. The summed E-state index contributed by atoms with van der Waals surface area (Å²) in [4.78, 5) is 12.6. The highest BCUT2D eigenvalue weighted by atomic mass is 16.6. The number of ether oxygens (including phenoxy) is 2. The van der Waals surface area contributed by atoms with E-state index in [1.165, 1.54) is 22.3 Å². The maximum absolute atomic E-state index is 12.6. The lowest BCUT2D eigenvalue weighted by atomic mass is 9.85. The van der Waals surface area contributed by atoms with E-state index >= 15 is 0 Å². The number of carbonyl (C=O) groups excluding carboxylic acids is 1. The summed E-state index contributed by atoms with van der Waals surface area (Å²) in [6, 6.07) is 12.5. The molecule has 3 heteroatoms. The Hall–Kier alpha value is -2.29. The zero-order chi connectivity index (χ0) is 27.4. The Balaban J connectivity index is 0.00000316. The van der Waals surface area contributed by atoms with E-state index in [9.17, 15) is 4.79 Å². The quantitative estimate of drug-likeness (QED) is 0.217. The molecule has 1 unspecified atom stereocenters. The third-order valence-electron chi connectivity index (χ3n) is 6.62. The molecule has 0 fully saturated rings. The van der Waals surface area contributed by atoms with Crippen molar-refractivity contribution in [1.82, 2.24) is 0 Å². The van der Waals surface area contributed by atoms with Crippen molar-refractivity contribution < 1.29 is 14.3 Å². The molecule has 0 saturated carbocycles. The number of carbonyl (C=O) groups is 1. The van der Waals surface area contributed by atoms with Gasteiger partial charge in [-0.3, -0.25) is 0 Å². The predicted molar refractivity (Wildman–Crippen MR) is 155 cm³/mol. The topological polar surface area (TPSA) is 35.5 Å². The van der Waals surface area contributed by atoms with Crippen LogP contribution in [0.5, 0.6) is 5.75 Å². The van der Waals surface area contributed by atoms with Crippen molar-refractivity contribution in [3.8, 4) is 5.75 Å². The smallest absolute Gasteiger partial charge is 0.338 e. The predicted octanol–water partition coefficient (Wildman–Crippen LogP) is 9.86. The third-order valence-corrected chi connectivity index (χ3v) is 6.62. The van der Waals surface area contributed by atoms with Crippen LogP contribution in [0.4, 0.5) is 0 Å². The SMILES string of the molecule is CC.CCCC(c1ccc(C(=O)OCCOc2c(C(C)C)cc(C(C)C)cc2C(C)C)cc1)C(C)C. The van der Waals surface area contributed by atoms with Gasteiger partial charge in [0, 0.05) is 0 Å². The highest BCUT2D eigenvalue weighted by molar-refractivity contribution is 5.89. The van der Waals surface area contributed by atoms with Crippen LogP contribution in [0.2, 0.25) is 0 Å². The molecule has 0 N–H and O–H groups in total.